The Kier molecular flexibility index (Phi) is 9.12. The summed E-state index contributed by atoms with van der Waals surface area (Å²) >= 11 is 0. The Morgan fingerprint density at radius 3 is 2.36 bits per heavy atom. The normalized spacial score (nSPS) is 18.5. The van der Waals surface area contributed by atoms with Crippen LogP contribution >= 0.6 is 0 Å². The fraction of sp³-hybridized carbons (Fsp3) is 0.312. The molecule has 42 heavy (non-hydrogen) atoms. The number of benzene rings is 3. The number of aryl methyl sites for hydroxylation is 1. The van der Waals surface area contributed by atoms with Gasteiger partial charge in [0.15, 0.2) is 5.84 Å². The van der Waals surface area contributed by atoms with E-state index < -0.39 is 6.04 Å². The summed E-state index contributed by atoms with van der Waals surface area (Å²) in [6.45, 7) is 2.63. The lowest BCUT2D eigenvalue weighted by molar-refractivity contribution is -0.130. The summed E-state index contributed by atoms with van der Waals surface area (Å²) in [6, 6.07) is 22.4. The lowest BCUT2D eigenvalue weighted by Crippen LogP contribution is -2.48. The number of amides is 2. The fourth-order valence-corrected chi connectivity index (χ4v) is 5.55. The quantitative estimate of drug-likeness (QED) is 0.233. The number of hydrazine groups is 2. The van der Waals surface area contributed by atoms with Gasteiger partial charge in [-0.05, 0) is 104 Å². The summed E-state index contributed by atoms with van der Waals surface area (Å²) < 4.78 is 0. The first kappa shape index (κ1) is 28.8. The molecule has 0 spiro atoms. The Balaban J connectivity index is 1.30. The fourth-order valence-electron chi connectivity index (χ4n) is 5.55. The number of nitriles is 1. The van der Waals surface area contributed by atoms with E-state index in [1.165, 1.54) is 0 Å². The molecule has 1 saturated carbocycles. The van der Waals surface area contributed by atoms with Gasteiger partial charge in [-0.1, -0.05) is 30.3 Å². The van der Waals surface area contributed by atoms with Gasteiger partial charge in [0.2, 0.25) is 11.8 Å². The van der Waals surface area contributed by atoms with Gasteiger partial charge in [-0.2, -0.15) is 5.26 Å². The predicted octanol–water partition coefficient (Wildman–Crippen LogP) is 3.24. The third kappa shape index (κ3) is 6.94. The average molecular weight is 565 g/mol. The molecule has 2 amide bonds. The highest BCUT2D eigenvalue weighted by Crippen LogP contribution is 2.29. The number of anilines is 1. The zero-order valence-corrected chi connectivity index (χ0v) is 23.6. The van der Waals surface area contributed by atoms with E-state index in [2.05, 4.69) is 38.3 Å². The summed E-state index contributed by atoms with van der Waals surface area (Å²) in [7, 11) is 0. The van der Waals surface area contributed by atoms with Gasteiger partial charge in [-0.15, -0.1) is 10.6 Å². The summed E-state index contributed by atoms with van der Waals surface area (Å²) in [6.07, 6.45) is 3.77. The van der Waals surface area contributed by atoms with Crippen LogP contribution in [-0.2, 0) is 16.0 Å². The lowest BCUT2D eigenvalue weighted by atomic mass is 9.81. The third-order valence-electron chi connectivity index (χ3n) is 8.07. The van der Waals surface area contributed by atoms with Gasteiger partial charge in [-0.3, -0.25) is 15.0 Å². The molecule has 5 rings (SSSR count). The van der Waals surface area contributed by atoms with Crippen LogP contribution < -0.4 is 32.9 Å². The number of carbonyl (C=O) groups excluding carboxylic acids is 2. The molecule has 3 aromatic rings. The number of nitrogens with one attached hydrogen (secondary N) is 5. The molecule has 1 aliphatic carbocycles. The molecule has 216 valence electrons. The molecular weight excluding hydrogens is 528 g/mol. The van der Waals surface area contributed by atoms with Gasteiger partial charge in [0.1, 0.15) is 6.04 Å². The maximum absolute atomic E-state index is 13.5. The Morgan fingerprint density at radius 2 is 1.74 bits per heavy atom. The molecule has 1 heterocycles. The third-order valence-corrected chi connectivity index (χ3v) is 8.07. The van der Waals surface area contributed by atoms with E-state index in [1.807, 2.05) is 61.5 Å². The standard InChI is InChI=1S/C32H36N8O2/c1-20-16-23(19-34)6-15-28(20)24-7-2-21(3-8-24)17-29(36-31(41)26-9-4-22(18-33)5-10-26)32(42)35-27-13-11-25(12-14-27)30-37-39-40-38-30/h2-3,6-8,11-16,22,26,29,39-40H,4-5,9-10,17-18,33H2,1H3,(H,35,42)(H,36,41)(H,37,38)/t22?,26?,29-/m0/s1. The van der Waals surface area contributed by atoms with Crippen molar-refractivity contribution in [2.45, 2.75) is 45.1 Å². The van der Waals surface area contributed by atoms with Gasteiger partial charge in [0, 0.05) is 23.6 Å². The van der Waals surface area contributed by atoms with Gasteiger partial charge in [0.05, 0.1) is 11.6 Å². The number of rotatable bonds is 9. The van der Waals surface area contributed by atoms with Crippen molar-refractivity contribution >= 4 is 23.3 Å². The molecule has 1 atom stereocenters. The maximum atomic E-state index is 13.5. The van der Waals surface area contributed by atoms with Crippen molar-refractivity contribution in [1.29, 1.82) is 5.26 Å². The van der Waals surface area contributed by atoms with Crippen molar-refractivity contribution in [2.75, 3.05) is 11.9 Å². The van der Waals surface area contributed by atoms with Crippen molar-refractivity contribution in [3.8, 4) is 17.2 Å². The van der Waals surface area contributed by atoms with Crippen molar-refractivity contribution in [3.63, 3.8) is 0 Å². The van der Waals surface area contributed by atoms with Crippen LogP contribution in [0.5, 0.6) is 0 Å². The van der Waals surface area contributed by atoms with E-state index >= 15 is 0 Å². The minimum atomic E-state index is -0.749. The van der Waals surface area contributed by atoms with Crippen molar-refractivity contribution in [2.24, 2.45) is 22.7 Å². The minimum Gasteiger partial charge on any atom is -0.344 e. The first-order valence-electron chi connectivity index (χ1n) is 14.3. The molecule has 3 aromatic carbocycles. The predicted molar refractivity (Wildman–Crippen MR) is 162 cm³/mol. The van der Waals surface area contributed by atoms with E-state index in [0.717, 1.165) is 53.5 Å². The van der Waals surface area contributed by atoms with Crippen LogP contribution in [0, 0.1) is 30.1 Å². The first-order valence-corrected chi connectivity index (χ1v) is 14.3. The van der Waals surface area contributed by atoms with E-state index in [4.69, 9.17) is 5.73 Å². The summed E-state index contributed by atoms with van der Waals surface area (Å²) in [5, 5.41) is 19.3. The Labute approximate surface area is 245 Å². The molecule has 0 aromatic heterocycles. The van der Waals surface area contributed by atoms with Gasteiger partial charge < -0.3 is 16.4 Å². The Bertz CT molecular complexity index is 1490. The van der Waals surface area contributed by atoms with Crippen LogP contribution in [0.4, 0.5) is 5.69 Å². The molecule has 0 radical (unpaired) electrons. The average Bonchev–Trinajstić information content (AvgIpc) is 3.57. The van der Waals surface area contributed by atoms with Crippen molar-refractivity contribution < 1.29 is 9.59 Å². The number of hydrogen-bond acceptors (Lipinski definition) is 8. The zero-order chi connectivity index (χ0) is 29.5. The summed E-state index contributed by atoms with van der Waals surface area (Å²) in [5.41, 5.74) is 20.2. The highest BCUT2D eigenvalue weighted by Gasteiger charge is 2.29. The van der Waals surface area contributed by atoms with E-state index in [9.17, 15) is 14.9 Å². The number of nitrogens with zero attached hydrogens (tertiary/aromatic N) is 2. The van der Waals surface area contributed by atoms with Crippen LogP contribution in [0.2, 0.25) is 0 Å². The summed E-state index contributed by atoms with van der Waals surface area (Å²) in [4.78, 5) is 26.8. The van der Waals surface area contributed by atoms with E-state index in [-0.39, 0.29) is 17.7 Å². The molecule has 2 aliphatic rings. The Morgan fingerprint density at radius 1 is 1.02 bits per heavy atom. The lowest BCUT2D eigenvalue weighted by Gasteiger charge is -2.28. The second-order valence-corrected chi connectivity index (χ2v) is 10.9. The van der Waals surface area contributed by atoms with Crippen LogP contribution in [0.3, 0.4) is 0 Å². The number of amidine groups is 1. The van der Waals surface area contributed by atoms with E-state index in [1.54, 1.807) is 12.1 Å². The SMILES string of the molecule is Cc1cc(C#N)ccc1-c1ccc(C[C@H](NC(=O)C2CCC(CN)CC2)C(=O)Nc2ccc(C3=NNNN3)cc2)cc1. The van der Waals surface area contributed by atoms with Crippen LogP contribution in [0.25, 0.3) is 11.1 Å². The zero-order valence-electron chi connectivity index (χ0n) is 23.6. The minimum absolute atomic E-state index is 0.0869. The topological polar surface area (TPSA) is 156 Å². The maximum Gasteiger partial charge on any atom is 0.247 e. The molecule has 7 N–H and O–H groups in total. The second-order valence-electron chi connectivity index (χ2n) is 10.9. The van der Waals surface area contributed by atoms with Crippen LogP contribution in [0.15, 0.2) is 71.8 Å². The first-order chi connectivity index (χ1) is 20.4. The molecular formula is C32H36N8O2. The number of carbonyl (C=O) groups is 2. The molecule has 1 aliphatic heterocycles. The highest BCUT2D eigenvalue weighted by atomic mass is 16.2. The second kappa shape index (κ2) is 13.3. The molecule has 0 unspecified atom stereocenters. The molecule has 10 nitrogen and oxygen atoms in total. The van der Waals surface area contributed by atoms with Crippen molar-refractivity contribution in [3.05, 3.63) is 89.0 Å². The number of nitrogens with two attached hydrogens (primary N) is 1. The summed E-state index contributed by atoms with van der Waals surface area (Å²) in [5.74, 6) is 0.619. The number of hydrogen-bond donors (Lipinski definition) is 6. The van der Waals surface area contributed by atoms with Crippen LogP contribution in [0.1, 0.15) is 47.9 Å². The van der Waals surface area contributed by atoms with Gasteiger partial charge in [0.25, 0.3) is 0 Å². The smallest absolute Gasteiger partial charge is 0.247 e. The molecule has 10 heteroatoms. The molecule has 0 saturated heterocycles. The van der Waals surface area contributed by atoms with Gasteiger partial charge >= 0.3 is 0 Å². The van der Waals surface area contributed by atoms with Crippen LogP contribution in [-0.4, -0.2) is 30.2 Å². The monoisotopic (exact) mass is 564 g/mol. The van der Waals surface area contributed by atoms with Gasteiger partial charge in [-0.25, -0.2) is 5.53 Å². The molecule has 0 bridgehead atoms. The van der Waals surface area contributed by atoms with Crippen molar-refractivity contribution in [1.82, 2.24) is 21.8 Å². The Hall–Kier alpha value is -4.72. The largest absolute Gasteiger partial charge is 0.344 e. The highest BCUT2D eigenvalue weighted by molar-refractivity contribution is 6.00. The number of hydrazone groups is 1. The molecule has 1 fully saturated rings. The van der Waals surface area contributed by atoms with E-state index in [0.29, 0.717) is 36.0 Å².